The molecule has 212 valence electrons. The molecule has 1 unspecified atom stereocenters. The Balaban J connectivity index is 1.71. The number of fused-ring (bicyclic) bond motifs is 1. The van der Waals surface area contributed by atoms with Gasteiger partial charge in [0.25, 0.3) is 5.91 Å². The first-order valence-corrected chi connectivity index (χ1v) is 14.3. The number of aromatic nitrogens is 2. The Morgan fingerprint density at radius 2 is 1.95 bits per heavy atom. The molecule has 0 aliphatic heterocycles. The summed E-state index contributed by atoms with van der Waals surface area (Å²) in [4.78, 5) is 30.1. The van der Waals surface area contributed by atoms with Crippen molar-refractivity contribution in [3.8, 4) is 0 Å². The Morgan fingerprint density at radius 1 is 1.18 bits per heavy atom. The van der Waals surface area contributed by atoms with Gasteiger partial charge in [0, 0.05) is 48.7 Å². The minimum atomic E-state index is 0.0518. The number of imidazole rings is 1. The van der Waals surface area contributed by atoms with Crippen LogP contribution >= 0.6 is 11.6 Å². The van der Waals surface area contributed by atoms with Gasteiger partial charge in [0.1, 0.15) is 0 Å². The largest absolute Gasteiger partial charge is 0.355 e. The van der Waals surface area contributed by atoms with E-state index in [4.69, 9.17) is 11.6 Å². The average Bonchev–Trinajstić information content (AvgIpc) is 3.46. The first-order valence-electron chi connectivity index (χ1n) is 13.8. The Morgan fingerprint density at radius 3 is 2.65 bits per heavy atom. The summed E-state index contributed by atoms with van der Waals surface area (Å²) in [5, 5.41) is 6.21. The first-order chi connectivity index (χ1) is 19.4. The maximum absolute atomic E-state index is 13.2. The van der Waals surface area contributed by atoms with Crippen LogP contribution in [0.5, 0.6) is 0 Å². The summed E-state index contributed by atoms with van der Waals surface area (Å²) >= 11 is 6.27. The molecule has 3 aromatic rings. The van der Waals surface area contributed by atoms with Crippen molar-refractivity contribution < 1.29 is 9.59 Å². The van der Waals surface area contributed by atoms with Crippen LogP contribution in [-0.4, -0.2) is 51.6 Å². The fourth-order valence-corrected chi connectivity index (χ4v) is 4.56. The molecule has 0 spiro atoms. The number of carbonyl (C=O) groups is 2. The number of carbonyl (C=O) groups excluding carboxylic acids is 2. The first kappa shape index (κ1) is 30.7. The summed E-state index contributed by atoms with van der Waals surface area (Å²) in [5.74, 6) is 0.0518. The SMILES string of the molecule is C=C(/C=C\C=C(/C)c1ccc(Nc2ccc(C(=O)N(CCC)CCCC(Cl)CC)cc2)c2nccn12)CNC=O. The standard InChI is InChI=1S/C32H40ClN5O2/c1-5-19-37(20-8-11-27(33)6-2)32(40)26-12-14-28(15-13-26)36-29-16-17-30(38-21-18-35-31(29)38)25(4)10-7-9-24(3)22-34-23-39/h7,9-10,12-18,21,23,27,36H,3,5-6,8,11,19-20,22H2,1-2,4H3,(H,34,39)/b9-7-,25-10+. The third-order valence-corrected chi connectivity index (χ3v) is 7.15. The molecule has 2 heterocycles. The molecule has 2 amide bonds. The molecule has 40 heavy (non-hydrogen) atoms. The van der Waals surface area contributed by atoms with Crippen molar-refractivity contribution in [1.29, 1.82) is 0 Å². The maximum Gasteiger partial charge on any atom is 0.253 e. The molecular formula is C32H40ClN5O2. The van der Waals surface area contributed by atoms with Crippen LogP contribution in [0.15, 0.2) is 79.2 Å². The number of allylic oxidation sites excluding steroid dienone is 3. The van der Waals surface area contributed by atoms with Crippen molar-refractivity contribution in [2.24, 2.45) is 0 Å². The van der Waals surface area contributed by atoms with Crippen molar-refractivity contribution in [2.75, 3.05) is 25.0 Å². The van der Waals surface area contributed by atoms with E-state index in [1.165, 1.54) is 0 Å². The zero-order valence-corrected chi connectivity index (χ0v) is 24.5. The highest BCUT2D eigenvalue weighted by molar-refractivity contribution is 6.20. The fraction of sp³-hybridized carbons (Fsp3) is 0.344. The number of hydrogen-bond donors (Lipinski definition) is 2. The van der Waals surface area contributed by atoms with Gasteiger partial charge in [-0.05, 0) is 80.2 Å². The van der Waals surface area contributed by atoms with Gasteiger partial charge in [-0.25, -0.2) is 4.98 Å². The predicted molar refractivity (Wildman–Crippen MR) is 166 cm³/mol. The Bertz CT molecular complexity index is 1340. The van der Waals surface area contributed by atoms with Gasteiger partial charge >= 0.3 is 0 Å². The van der Waals surface area contributed by atoms with Gasteiger partial charge < -0.3 is 15.5 Å². The highest BCUT2D eigenvalue weighted by atomic mass is 35.5. The van der Waals surface area contributed by atoms with Crippen LogP contribution in [0.1, 0.15) is 62.5 Å². The van der Waals surface area contributed by atoms with E-state index in [0.29, 0.717) is 18.5 Å². The predicted octanol–water partition coefficient (Wildman–Crippen LogP) is 6.99. The quantitative estimate of drug-likeness (QED) is 0.112. The van der Waals surface area contributed by atoms with Crippen LogP contribution in [0.3, 0.4) is 0 Å². The van der Waals surface area contributed by atoms with Crippen LogP contribution in [0, 0.1) is 0 Å². The molecule has 8 heteroatoms. The number of benzene rings is 1. The van der Waals surface area contributed by atoms with Crippen LogP contribution < -0.4 is 10.6 Å². The molecule has 0 bridgehead atoms. The minimum absolute atomic E-state index is 0.0518. The van der Waals surface area contributed by atoms with Gasteiger partial charge in [0.2, 0.25) is 6.41 Å². The molecule has 1 aromatic carbocycles. The number of anilines is 2. The van der Waals surface area contributed by atoms with E-state index < -0.39 is 0 Å². The number of amides is 2. The number of alkyl halides is 1. The van der Waals surface area contributed by atoms with E-state index in [1.807, 2.05) is 77.0 Å². The summed E-state index contributed by atoms with van der Waals surface area (Å²) in [5.41, 5.74) is 6.09. The molecule has 1 atom stereocenters. The minimum Gasteiger partial charge on any atom is -0.355 e. The average molecular weight is 562 g/mol. The molecule has 2 N–H and O–H groups in total. The second kappa shape index (κ2) is 15.7. The molecule has 0 saturated heterocycles. The van der Waals surface area contributed by atoms with E-state index in [0.717, 1.165) is 72.6 Å². The molecule has 0 radical (unpaired) electrons. The summed E-state index contributed by atoms with van der Waals surface area (Å²) in [6, 6.07) is 11.7. The van der Waals surface area contributed by atoms with Crippen molar-refractivity contribution >= 4 is 46.5 Å². The van der Waals surface area contributed by atoms with Gasteiger partial charge in [-0.2, -0.15) is 0 Å². The van der Waals surface area contributed by atoms with Crippen LogP contribution in [-0.2, 0) is 4.79 Å². The number of pyridine rings is 1. The van der Waals surface area contributed by atoms with Crippen molar-refractivity contribution in [2.45, 2.75) is 51.8 Å². The normalized spacial score (nSPS) is 12.4. The zero-order valence-electron chi connectivity index (χ0n) is 23.7. The highest BCUT2D eigenvalue weighted by Gasteiger charge is 2.16. The lowest BCUT2D eigenvalue weighted by atomic mass is 10.1. The number of nitrogens with zero attached hydrogens (tertiary/aromatic N) is 3. The fourth-order valence-electron chi connectivity index (χ4n) is 4.41. The monoisotopic (exact) mass is 561 g/mol. The van der Waals surface area contributed by atoms with Gasteiger partial charge in [-0.15, -0.1) is 11.6 Å². The highest BCUT2D eigenvalue weighted by Crippen LogP contribution is 2.26. The van der Waals surface area contributed by atoms with Gasteiger partial charge in [0.15, 0.2) is 5.65 Å². The maximum atomic E-state index is 13.2. The molecule has 0 aliphatic carbocycles. The lowest BCUT2D eigenvalue weighted by Crippen LogP contribution is -2.33. The Kier molecular flexibility index (Phi) is 12.0. The molecule has 0 saturated carbocycles. The van der Waals surface area contributed by atoms with Crippen molar-refractivity contribution in [3.63, 3.8) is 0 Å². The lowest BCUT2D eigenvalue weighted by Gasteiger charge is -2.23. The third-order valence-electron chi connectivity index (χ3n) is 6.62. The van der Waals surface area contributed by atoms with Crippen molar-refractivity contribution in [3.05, 3.63) is 90.4 Å². The van der Waals surface area contributed by atoms with Gasteiger partial charge in [-0.3, -0.25) is 14.0 Å². The Labute approximate surface area is 242 Å². The van der Waals surface area contributed by atoms with Crippen molar-refractivity contribution in [1.82, 2.24) is 19.6 Å². The second-order valence-electron chi connectivity index (χ2n) is 9.76. The molecule has 0 aliphatic rings. The van der Waals surface area contributed by atoms with Gasteiger partial charge in [-0.1, -0.05) is 38.7 Å². The molecule has 2 aromatic heterocycles. The van der Waals surface area contributed by atoms with Gasteiger partial charge in [0.05, 0.1) is 11.4 Å². The smallest absolute Gasteiger partial charge is 0.253 e. The zero-order chi connectivity index (χ0) is 28.9. The summed E-state index contributed by atoms with van der Waals surface area (Å²) in [6.45, 7) is 12.0. The molecule has 7 nitrogen and oxygen atoms in total. The molecular weight excluding hydrogens is 522 g/mol. The van der Waals surface area contributed by atoms with E-state index >= 15 is 0 Å². The Hall–Kier alpha value is -3.84. The number of halogens is 1. The topological polar surface area (TPSA) is 78.7 Å². The summed E-state index contributed by atoms with van der Waals surface area (Å²) in [6.07, 6.45) is 13.8. The molecule has 3 rings (SSSR count). The van der Waals surface area contributed by atoms with Crippen LogP contribution in [0.2, 0.25) is 0 Å². The number of hydrogen-bond acceptors (Lipinski definition) is 4. The second-order valence-corrected chi connectivity index (χ2v) is 10.4. The van der Waals surface area contributed by atoms with Crippen LogP contribution in [0.4, 0.5) is 11.4 Å². The summed E-state index contributed by atoms with van der Waals surface area (Å²) < 4.78 is 2.04. The molecule has 0 fully saturated rings. The van der Waals surface area contributed by atoms with Crippen LogP contribution in [0.25, 0.3) is 11.2 Å². The van der Waals surface area contributed by atoms with E-state index in [9.17, 15) is 9.59 Å². The number of nitrogens with one attached hydrogen (secondary N) is 2. The van der Waals surface area contributed by atoms with E-state index in [2.05, 4.69) is 36.0 Å². The lowest BCUT2D eigenvalue weighted by molar-refractivity contribution is -0.109. The summed E-state index contributed by atoms with van der Waals surface area (Å²) in [7, 11) is 0. The number of rotatable bonds is 16. The third kappa shape index (κ3) is 8.58. The van der Waals surface area contributed by atoms with E-state index in [-0.39, 0.29) is 11.3 Å². The van der Waals surface area contributed by atoms with E-state index in [1.54, 1.807) is 6.20 Å².